The normalized spacial score (nSPS) is 25.1. The van der Waals surface area contributed by atoms with Crippen molar-refractivity contribution in [3.63, 3.8) is 0 Å². The third-order valence-electron chi connectivity index (χ3n) is 4.05. The van der Waals surface area contributed by atoms with Crippen molar-refractivity contribution < 1.29 is 14.2 Å². The highest BCUT2D eigenvalue weighted by Gasteiger charge is 2.28. The molecular weight excluding hydrogens is 245 g/mol. The van der Waals surface area contributed by atoms with Crippen LogP contribution >= 0.6 is 0 Å². The van der Waals surface area contributed by atoms with E-state index in [1.165, 1.54) is 6.07 Å². The van der Waals surface area contributed by atoms with Gasteiger partial charge in [0.1, 0.15) is 11.6 Å². The van der Waals surface area contributed by atoms with Gasteiger partial charge in [-0.1, -0.05) is 0 Å². The predicted octanol–water partition coefficient (Wildman–Crippen LogP) is 2.65. The second-order valence-corrected chi connectivity index (χ2v) is 5.22. The second-order valence-electron chi connectivity index (χ2n) is 5.22. The molecule has 3 nitrogen and oxygen atoms in total. The molecule has 1 aromatic rings. The Hall–Kier alpha value is -1.13. The minimum atomic E-state index is -0.244. The summed E-state index contributed by atoms with van der Waals surface area (Å²) in [5.41, 5.74) is 0.867. The second kappa shape index (κ2) is 6.35. The molecule has 0 aromatic heterocycles. The van der Waals surface area contributed by atoms with Crippen molar-refractivity contribution in [3.05, 3.63) is 29.6 Å². The SMILES string of the molecule is CNC(c1cc(F)ccc1OC)C1CCC(O)CC1. The molecule has 1 aliphatic carbocycles. The molecule has 2 rings (SSSR count). The van der Waals surface area contributed by atoms with Crippen molar-refractivity contribution in [1.29, 1.82) is 0 Å². The molecule has 1 aliphatic rings. The van der Waals surface area contributed by atoms with Gasteiger partial charge in [-0.15, -0.1) is 0 Å². The molecule has 19 heavy (non-hydrogen) atoms. The van der Waals surface area contributed by atoms with Gasteiger partial charge in [0, 0.05) is 11.6 Å². The molecule has 4 heteroatoms. The van der Waals surface area contributed by atoms with Crippen molar-refractivity contribution in [2.75, 3.05) is 14.2 Å². The van der Waals surface area contributed by atoms with Crippen LogP contribution in [-0.2, 0) is 0 Å². The standard InChI is InChI=1S/C15H22FNO2/c1-17-15(10-3-6-12(18)7-4-10)13-9-11(16)5-8-14(13)19-2/h5,8-10,12,15,17-18H,3-4,6-7H2,1-2H3. The molecular formula is C15H22FNO2. The number of rotatable bonds is 4. The molecule has 0 aliphatic heterocycles. The summed E-state index contributed by atoms with van der Waals surface area (Å²) < 4.78 is 18.8. The van der Waals surface area contributed by atoms with E-state index in [-0.39, 0.29) is 18.0 Å². The molecule has 1 unspecified atom stereocenters. The summed E-state index contributed by atoms with van der Waals surface area (Å²) in [6.07, 6.45) is 3.36. The molecule has 1 fully saturated rings. The average molecular weight is 267 g/mol. The van der Waals surface area contributed by atoms with E-state index in [0.717, 1.165) is 31.2 Å². The minimum Gasteiger partial charge on any atom is -0.496 e. The number of hydrogen-bond acceptors (Lipinski definition) is 3. The van der Waals surface area contributed by atoms with E-state index in [4.69, 9.17) is 4.74 Å². The maximum absolute atomic E-state index is 13.5. The van der Waals surface area contributed by atoms with E-state index in [1.807, 2.05) is 7.05 Å². The van der Waals surface area contributed by atoms with Gasteiger partial charge >= 0.3 is 0 Å². The molecule has 2 N–H and O–H groups in total. The van der Waals surface area contributed by atoms with Crippen LogP contribution in [0, 0.1) is 11.7 Å². The van der Waals surface area contributed by atoms with Crippen molar-refractivity contribution in [2.45, 2.75) is 37.8 Å². The van der Waals surface area contributed by atoms with E-state index >= 15 is 0 Å². The molecule has 0 saturated heterocycles. The van der Waals surface area contributed by atoms with Crippen molar-refractivity contribution in [3.8, 4) is 5.75 Å². The van der Waals surface area contributed by atoms with Gasteiger partial charge in [-0.3, -0.25) is 0 Å². The van der Waals surface area contributed by atoms with Gasteiger partial charge in [0.25, 0.3) is 0 Å². The average Bonchev–Trinajstić information content (AvgIpc) is 2.42. The third kappa shape index (κ3) is 3.25. The van der Waals surface area contributed by atoms with Crippen LogP contribution in [0.2, 0.25) is 0 Å². The number of nitrogens with one attached hydrogen (secondary N) is 1. The molecule has 106 valence electrons. The number of aliphatic hydroxyl groups is 1. The van der Waals surface area contributed by atoms with E-state index in [1.54, 1.807) is 19.2 Å². The summed E-state index contributed by atoms with van der Waals surface area (Å²) in [4.78, 5) is 0. The van der Waals surface area contributed by atoms with Gasteiger partial charge in [0.05, 0.1) is 13.2 Å². The number of hydrogen-bond donors (Lipinski definition) is 2. The van der Waals surface area contributed by atoms with Gasteiger partial charge in [0.15, 0.2) is 0 Å². The third-order valence-corrected chi connectivity index (χ3v) is 4.05. The monoisotopic (exact) mass is 267 g/mol. The number of halogens is 1. The lowest BCUT2D eigenvalue weighted by Crippen LogP contribution is -2.30. The summed E-state index contributed by atoms with van der Waals surface area (Å²) in [5, 5.41) is 12.9. The van der Waals surface area contributed by atoms with Crippen LogP contribution < -0.4 is 10.1 Å². The zero-order chi connectivity index (χ0) is 13.8. The maximum Gasteiger partial charge on any atom is 0.123 e. The molecule has 1 aromatic carbocycles. The van der Waals surface area contributed by atoms with Crippen LogP contribution in [0.3, 0.4) is 0 Å². The van der Waals surface area contributed by atoms with E-state index in [0.29, 0.717) is 11.7 Å². The van der Waals surface area contributed by atoms with Crippen LogP contribution in [0.5, 0.6) is 5.75 Å². The van der Waals surface area contributed by atoms with Crippen molar-refractivity contribution in [2.24, 2.45) is 5.92 Å². The van der Waals surface area contributed by atoms with Crippen molar-refractivity contribution >= 4 is 0 Å². The summed E-state index contributed by atoms with van der Waals surface area (Å²) >= 11 is 0. The number of aliphatic hydroxyl groups excluding tert-OH is 1. The number of methoxy groups -OCH3 is 1. The lowest BCUT2D eigenvalue weighted by atomic mass is 9.80. The predicted molar refractivity (Wildman–Crippen MR) is 72.7 cm³/mol. The van der Waals surface area contributed by atoms with Gasteiger partial charge in [-0.05, 0) is 56.8 Å². The quantitative estimate of drug-likeness (QED) is 0.881. The molecule has 0 amide bonds. The fraction of sp³-hybridized carbons (Fsp3) is 0.600. The molecule has 1 saturated carbocycles. The molecule has 0 spiro atoms. The van der Waals surface area contributed by atoms with Gasteiger partial charge < -0.3 is 15.2 Å². The van der Waals surface area contributed by atoms with Crippen LogP contribution in [-0.4, -0.2) is 25.4 Å². The zero-order valence-electron chi connectivity index (χ0n) is 11.5. The first-order valence-electron chi connectivity index (χ1n) is 6.84. The Bertz CT molecular complexity index is 417. The Morgan fingerprint density at radius 2 is 2.00 bits per heavy atom. The first-order chi connectivity index (χ1) is 9.15. The lowest BCUT2D eigenvalue weighted by molar-refractivity contribution is 0.0977. The smallest absolute Gasteiger partial charge is 0.123 e. The van der Waals surface area contributed by atoms with Crippen LogP contribution in [0.1, 0.15) is 37.3 Å². The van der Waals surface area contributed by atoms with Gasteiger partial charge in [-0.25, -0.2) is 4.39 Å². The highest BCUT2D eigenvalue weighted by Crippen LogP contribution is 2.38. The zero-order valence-corrected chi connectivity index (χ0v) is 11.5. The Morgan fingerprint density at radius 1 is 1.32 bits per heavy atom. The minimum absolute atomic E-state index is 0.0677. The Morgan fingerprint density at radius 3 is 2.58 bits per heavy atom. The Balaban J connectivity index is 2.23. The van der Waals surface area contributed by atoms with E-state index < -0.39 is 0 Å². The molecule has 0 bridgehead atoms. The fourth-order valence-electron chi connectivity index (χ4n) is 3.03. The summed E-state index contributed by atoms with van der Waals surface area (Å²) in [5.74, 6) is 0.878. The molecule has 0 heterocycles. The van der Waals surface area contributed by atoms with Crippen LogP contribution in [0.4, 0.5) is 4.39 Å². The fourth-order valence-corrected chi connectivity index (χ4v) is 3.03. The summed E-state index contributed by atoms with van der Waals surface area (Å²) in [7, 11) is 3.49. The summed E-state index contributed by atoms with van der Waals surface area (Å²) in [6, 6.07) is 4.70. The van der Waals surface area contributed by atoms with E-state index in [9.17, 15) is 9.50 Å². The van der Waals surface area contributed by atoms with Crippen LogP contribution in [0.15, 0.2) is 18.2 Å². The number of ether oxygens (including phenoxy) is 1. The first-order valence-corrected chi connectivity index (χ1v) is 6.84. The van der Waals surface area contributed by atoms with Crippen molar-refractivity contribution in [1.82, 2.24) is 5.32 Å². The van der Waals surface area contributed by atoms with E-state index in [2.05, 4.69) is 5.32 Å². The van der Waals surface area contributed by atoms with Crippen LogP contribution in [0.25, 0.3) is 0 Å². The topological polar surface area (TPSA) is 41.5 Å². The lowest BCUT2D eigenvalue weighted by Gasteiger charge is -2.33. The Kier molecular flexibility index (Phi) is 4.77. The Labute approximate surface area is 113 Å². The maximum atomic E-state index is 13.5. The summed E-state index contributed by atoms with van der Waals surface area (Å²) in [6.45, 7) is 0. The highest BCUT2D eigenvalue weighted by molar-refractivity contribution is 5.37. The highest BCUT2D eigenvalue weighted by atomic mass is 19.1. The molecule has 1 atom stereocenters. The first kappa shape index (κ1) is 14.3. The number of benzene rings is 1. The van der Waals surface area contributed by atoms with Gasteiger partial charge in [-0.2, -0.15) is 0 Å². The molecule has 0 radical (unpaired) electrons. The largest absolute Gasteiger partial charge is 0.496 e. The van der Waals surface area contributed by atoms with Gasteiger partial charge in [0.2, 0.25) is 0 Å².